The summed E-state index contributed by atoms with van der Waals surface area (Å²) in [6.45, 7) is 0.0360. The fourth-order valence-corrected chi connectivity index (χ4v) is 1.71. The monoisotopic (exact) mass is 195 g/mol. The summed E-state index contributed by atoms with van der Waals surface area (Å²) >= 11 is 6.04. The maximum atomic E-state index is 9.01. The highest BCUT2D eigenvalue weighted by molar-refractivity contribution is 6.27. The van der Waals surface area contributed by atoms with E-state index in [0.717, 1.165) is 11.3 Å². The highest BCUT2D eigenvalue weighted by Crippen LogP contribution is 2.29. The molecule has 1 unspecified atom stereocenters. The molecule has 3 heteroatoms. The van der Waals surface area contributed by atoms with Crippen molar-refractivity contribution in [2.45, 2.75) is 6.04 Å². The van der Waals surface area contributed by atoms with Gasteiger partial charge in [0.2, 0.25) is 0 Å². The summed E-state index contributed by atoms with van der Waals surface area (Å²) < 4.78 is 1.56. The van der Waals surface area contributed by atoms with Crippen LogP contribution in [0.4, 0.5) is 5.69 Å². The number of benzene rings is 1. The van der Waals surface area contributed by atoms with E-state index in [1.165, 1.54) is 0 Å². The van der Waals surface area contributed by atoms with Crippen LogP contribution in [0.3, 0.4) is 0 Å². The minimum absolute atomic E-state index is 0.0360. The molecule has 0 amide bonds. The van der Waals surface area contributed by atoms with Gasteiger partial charge in [0.05, 0.1) is 18.3 Å². The van der Waals surface area contributed by atoms with E-state index in [4.69, 9.17) is 16.9 Å². The first-order chi connectivity index (χ1) is 6.33. The van der Waals surface area contributed by atoms with Gasteiger partial charge in [-0.05, 0) is 11.6 Å². The van der Waals surface area contributed by atoms with Gasteiger partial charge in [-0.15, -0.1) is 0 Å². The molecule has 1 N–H and O–H groups in total. The van der Waals surface area contributed by atoms with Crippen molar-refractivity contribution in [2.24, 2.45) is 0 Å². The van der Waals surface area contributed by atoms with E-state index in [0.29, 0.717) is 0 Å². The molecular weight excluding hydrogens is 186 g/mol. The molecule has 0 bridgehead atoms. The lowest BCUT2D eigenvalue weighted by molar-refractivity contribution is 0.285. The minimum atomic E-state index is -0.114. The van der Waals surface area contributed by atoms with Gasteiger partial charge in [-0.2, -0.15) is 0 Å². The summed E-state index contributed by atoms with van der Waals surface area (Å²) in [5.41, 5.74) is 2.04. The summed E-state index contributed by atoms with van der Waals surface area (Å²) in [5, 5.41) is 9.01. The zero-order valence-electron chi connectivity index (χ0n) is 7.02. The molecule has 0 aliphatic carbocycles. The van der Waals surface area contributed by atoms with Crippen LogP contribution in [0, 0.1) is 0 Å². The van der Waals surface area contributed by atoms with Crippen molar-refractivity contribution in [3.05, 3.63) is 35.9 Å². The second-order valence-electron chi connectivity index (χ2n) is 2.98. The normalized spacial score (nSPS) is 20.2. The van der Waals surface area contributed by atoms with Crippen LogP contribution in [0.15, 0.2) is 30.3 Å². The molecule has 0 radical (unpaired) electrons. The molecule has 1 aliphatic rings. The van der Waals surface area contributed by atoms with Gasteiger partial charge in [-0.25, -0.2) is 0 Å². The molecule has 2 rings (SSSR count). The topological polar surface area (TPSA) is 23.5 Å². The largest absolute Gasteiger partial charge is 0.394 e. The maximum absolute atomic E-state index is 9.01. The SMILES string of the molecule is OCC1C=Cc2ccccc2N1Cl. The Morgan fingerprint density at radius 3 is 2.92 bits per heavy atom. The number of para-hydroxylation sites is 1. The third-order valence-corrected chi connectivity index (χ3v) is 2.58. The van der Waals surface area contributed by atoms with Gasteiger partial charge in [0.15, 0.2) is 0 Å². The van der Waals surface area contributed by atoms with Gasteiger partial charge in [0, 0.05) is 11.8 Å². The van der Waals surface area contributed by atoms with Crippen molar-refractivity contribution in [3.63, 3.8) is 0 Å². The van der Waals surface area contributed by atoms with Gasteiger partial charge in [-0.1, -0.05) is 30.4 Å². The van der Waals surface area contributed by atoms with Crippen molar-refractivity contribution in [1.82, 2.24) is 0 Å². The number of halogens is 1. The minimum Gasteiger partial charge on any atom is -0.394 e. The van der Waals surface area contributed by atoms with Crippen LogP contribution in [0.5, 0.6) is 0 Å². The van der Waals surface area contributed by atoms with Crippen LogP contribution < -0.4 is 4.42 Å². The van der Waals surface area contributed by atoms with E-state index in [9.17, 15) is 0 Å². The van der Waals surface area contributed by atoms with E-state index >= 15 is 0 Å². The van der Waals surface area contributed by atoms with Crippen LogP contribution >= 0.6 is 11.8 Å². The molecular formula is C10H10ClNO. The van der Waals surface area contributed by atoms with Crippen molar-refractivity contribution in [1.29, 1.82) is 0 Å². The quantitative estimate of drug-likeness (QED) is 0.694. The molecule has 0 saturated heterocycles. The third-order valence-electron chi connectivity index (χ3n) is 2.14. The molecule has 13 heavy (non-hydrogen) atoms. The zero-order chi connectivity index (χ0) is 9.26. The van der Waals surface area contributed by atoms with Gasteiger partial charge in [0.25, 0.3) is 0 Å². The molecule has 0 fully saturated rings. The van der Waals surface area contributed by atoms with Crippen molar-refractivity contribution in [2.75, 3.05) is 11.0 Å². The average Bonchev–Trinajstić information content (AvgIpc) is 2.19. The Labute approximate surface area is 82.2 Å². The molecule has 1 atom stereocenters. The van der Waals surface area contributed by atoms with Gasteiger partial charge >= 0.3 is 0 Å². The summed E-state index contributed by atoms with van der Waals surface area (Å²) in [6.07, 6.45) is 3.88. The Morgan fingerprint density at radius 2 is 2.15 bits per heavy atom. The van der Waals surface area contributed by atoms with Gasteiger partial charge < -0.3 is 5.11 Å². The number of rotatable bonds is 1. The van der Waals surface area contributed by atoms with Crippen LogP contribution in [0.1, 0.15) is 5.56 Å². The Bertz CT molecular complexity index is 337. The number of anilines is 1. The number of hydrogen-bond acceptors (Lipinski definition) is 2. The predicted molar refractivity (Wildman–Crippen MR) is 54.7 cm³/mol. The van der Waals surface area contributed by atoms with Crippen molar-refractivity contribution >= 4 is 23.5 Å². The highest BCUT2D eigenvalue weighted by atomic mass is 35.5. The van der Waals surface area contributed by atoms with E-state index in [1.807, 2.05) is 36.4 Å². The summed E-state index contributed by atoms with van der Waals surface area (Å²) in [5.74, 6) is 0. The molecule has 0 spiro atoms. The van der Waals surface area contributed by atoms with Crippen molar-refractivity contribution in [3.8, 4) is 0 Å². The van der Waals surface area contributed by atoms with Gasteiger partial charge in [-0.3, -0.25) is 4.42 Å². The molecule has 0 aromatic heterocycles. The highest BCUT2D eigenvalue weighted by Gasteiger charge is 2.19. The van der Waals surface area contributed by atoms with Gasteiger partial charge in [0.1, 0.15) is 0 Å². The fourth-order valence-electron chi connectivity index (χ4n) is 1.42. The van der Waals surface area contributed by atoms with E-state index in [2.05, 4.69) is 0 Å². The molecule has 1 aliphatic heterocycles. The van der Waals surface area contributed by atoms with Crippen LogP contribution in [-0.4, -0.2) is 17.8 Å². The number of aliphatic hydroxyl groups excluding tert-OH is 1. The molecule has 68 valence electrons. The maximum Gasteiger partial charge on any atom is 0.0874 e. The second kappa shape index (κ2) is 3.40. The lowest BCUT2D eigenvalue weighted by Crippen LogP contribution is -2.30. The average molecular weight is 196 g/mol. The van der Waals surface area contributed by atoms with E-state index < -0.39 is 0 Å². The fraction of sp³-hybridized carbons (Fsp3) is 0.200. The standard InChI is InChI=1S/C10H10ClNO/c11-12-9(7-13)6-5-8-3-1-2-4-10(8)12/h1-6,9,13H,7H2. The van der Waals surface area contributed by atoms with E-state index in [1.54, 1.807) is 4.42 Å². The van der Waals surface area contributed by atoms with Crippen molar-refractivity contribution < 1.29 is 5.11 Å². The summed E-state index contributed by atoms with van der Waals surface area (Å²) in [6, 6.07) is 7.72. The predicted octanol–water partition coefficient (Wildman–Crippen LogP) is 2.03. The summed E-state index contributed by atoms with van der Waals surface area (Å²) in [7, 11) is 0. The Morgan fingerprint density at radius 1 is 1.38 bits per heavy atom. The Hall–Kier alpha value is -0.990. The Kier molecular flexibility index (Phi) is 2.25. The first kappa shape index (κ1) is 8.60. The number of nitrogens with zero attached hydrogens (tertiary/aromatic N) is 1. The van der Waals surface area contributed by atoms with Crippen LogP contribution in [-0.2, 0) is 0 Å². The summed E-state index contributed by atoms with van der Waals surface area (Å²) in [4.78, 5) is 0. The lowest BCUT2D eigenvalue weighted by atomic mass is 10.1. The zero-order valence-corrected chi connectivity index (χ0v) is 7.78. The Balaban J connectivity index is 2.42. The third kappa shape index (κ3) is 1.43. The first-order valence-electron chi connectivity index (χ1n) is 4.16. The van der Waals surface area contributed by atoms with Crippen LogP contribution in [0.25, 0.3) is 6.08 Å². The second-order valence-corrected chi connectivity index (χ2v) is 3.34. The molecule has 1 aromatic rings. The molecule has 0 saturated carbocycles. The molecule has 2 nitrogen and oxygen atoms in total. The molecule has 1 aromatic carbocycles. The smallest absolute Gasteiger partial charge is 0.0874 e. The molecule has 1 heterocycles. The van der Waals surface area contributed by atoms with E-state index in [-0.39, 0.29) is 12.6 Å². The number of hydrogen-bond donors (Lipinski definition) is 1. The lowest BCUT2D eigenvalue weighted by Gasteiger charge is -2.27. The van der Waals surface area contributed by atoms with Crippen LogP contribution in [0.2, 0.25) is 0 Å². The first-order valence-corrected chi connectivity index (χ1v) is 4.50. The number of fused-ring (bicyclic) bond motifs is 1. The number of aliphatic hydroxyl groups is 1.